The predicted molar refractivity (Wildman–Crippen MR) is 126 cm³/mol. The zero-order valence-electron chi connectivity index (χ0n) is 18.8. The average Bonchev–Trinajstić information content (AvgIpc) is 2.76. The van der Waals surface area contributed by atoms with Gasteiger partial charge < -0.3 is 15.2 Å². The van der Waals surface area contributed by atoms with E-state index in [9.17, 15) is 14.3 Å². The van der Waals surface area contributed by atoms with Crippen molar-refractivity contribution in [3.8, 4) is 5.75 Å². The second-order valence-electron chi connectivity index (χ2n) is 8.05. The molecule has 0 aromatic heterocycles. The number of alkyl halides is 1. The molecule has 2 N–H and O–H groups in total. The highest BCUT2D eigenvalue weighted by molar-refractivity contribution is 5.93. The molecular formula is C27H30FNO3. The van der Waals surface area contributed by atoms with Gasteiger partial charge in [-0.3, -0.25) is 0 Å². The number of hydrogen-bond acceptors (Lipinski definition) is 3. The van der Waals surface area contributed by atoms with Crippen LogP contribution in [0.4, 0.5) is 4.39 Å². The number of rotatable bonds is 8. The van der Waals surface area contributed by atoms with Gasteiger partial charge in [-0.1, -0.05) is 36.9 Å². The topological polar surface area (TPSA) is 58.6 Å². The second kappa shape index (κ2) is 10.3. The quantitative estimate of drug-likeness (QED) is 0.391. The summed E-state index contributed by atoms with van der Waals surface area (Å²) in [6, 6.07) is 15.2. The zero-order chi connectivity index (χ0) is 23.3. The highest BCUT2D eigenvalue weighted by Gasteiger charge is 2.27. The first-order valence-electron chi connectivity index (χ1n) is 10.8. The Morgan fingerprint density at radius 1 is 1.22 bits per heavy atom. The second-order valence-corrected chi connectivity index (χ2v) is 8.05. The van der Waals surface area contributed by atoms with E-state index in [1.807, 2.05) is 19.1 Å². The monoisotopic (exact) mass is 435 g/mol. The van der Waals surface area contributed by atoms with Crippen molar-refractivity contribution in [2.24, 2.45) is 5.92 Å². The van der Waals surface area contributed by atoms with Gasteiger partial charge >= 0.3 is 5.97 Å². The van der Waals surface area contributed by atoms with Gasteiger partial charge in [0.05, 0.1) is 5.57 Å². The number of carboxylic acids is 1. The van der Waals surface area contributed by atoms with Crippen molar-refractivity contribution in [2.45, 2.75) is 46.4 Å². The SMILES string of the molecule is C=C(N/C(C)=C(C(=O)O)/C(=C\C)C1CCc2ccccc2C1)c1ccc(OC(C)F)cc1. The lowest BCUT2D eigenvalue weighted by Crippen LogP contribution is -2.23. The number of allylic oxidation sites excluding steroid dienone is 2. The van der Waals surface area contributed by atoms with Crippen molar-refractivity contribution in [1.29, 1.82) is 0 Å². The third-order valence-electron chi connectivity index (χ3n) is 5.81. The van der Waals surface area contributed by atoms with Crippen LogP contribution < -0.4 is 10.1 Å². The first-order valence-corrected chi connectivity index (χ1v) is 10.8. The van der Waals surface area contributed by atoms with Crippen molar-refractivity contribution < 1.29 is 19.0 Å². The zero-order valence-corrected chi connectivity index (χ0v) is 18.8. The molecule has 2 aromatic carbocycles. The van der Waals surface area contributed by atoms with Gasteiger partial charge in [0.1, 0.15) is 5.75 Å². The highest BCUT2D eigenvalue weighted by atomic mass is 19.1. The summed E-state index contributed by atoms with van der Waals surface area (Å²) < 4.78 is 18.0. The van der Waals surface area contributed by atoms with E-state index in [1.165, 1.54) is 18.1 Å². The standard InChI is InChI=1S/C27H30FNO3/c1-5-25(23-11-10-21-8-6-7-9-22(21)16-23)26(27(30)31)18(3)29-17(2)20-12-14-24(15-13-20)32-19(4)28/h5-9,12-15,19,23,29H,2,10-11,16H2,1,3-4H3,(H,30,31)/b25-5-,26-18-. The number of nitrogens with one attached hydrogen (secondary N) is 1. The Labute approximate surface area is 189 Å². The molecule has 1 aliphatic carbocycles. The van der Waals surface area contributed by atoms with Crippen LogP contribution in [0.1, 0.15) is 43.9 Å². The number of aliphatic carboxylic acids is 1. The predicted octanol–water partition coefficient (Wildman–Crippen LogP) is 6.05. The Hall–Kier alpha value is -3.34. The van der Waals surface area contributed by atoms with Crippen molar-refractivity contribution in [3.05, 3.63) is 94.7 Å². The molecule has 2 unspecified atom stereocenters. The van der Waals surface area contributed by atoms with Crippen LogP contribution in [0.3, 0.4) is 0 Å². The van der Waals surface area contributed by atoms with Crippen LogP contribution in [-0.2, 0) is 17.6 Å². The summed E-state index contributed by atoms with van der Waals surface area (Å²) in [5.41, 5.74) is 5.61. The Balaban J connectivity index is 1.81. The van der Waals surface area contributed by atoms with Gasteiger partial charge in [0, 0.05) is 18.3 Å². The maximum absolute atomic E-state index is 13.0. The molecule has 0 heterocycles. The van der Waals surface area contributed by atoms with Crippen molar-refractivity contribution in [1.82, 2.24) is 5.32 Å². The van der Waals surface area contributed by atoms with Crippen LogP contribution in [0, 0.1) is 5.92 Å². The van der Waals surface area contributed by atoms with Crippen LogP contribution >= 0.6 is 0 Å². The fraction of sp³-hybridized carbons (Fsp3) is 0.296. The fourth-order valence-electron chi connectivity index (χ4n) is 4.33. The molecule has 168 valence electrons. The number of aryl methyl sites for hydroxylation is 1. The fourth-order valence-corrected chi connectivity index (χ4v) is 4.33. The number of ether oxygens (including phenoxy) is 1. The van der Waals surface area contributed by atoms with E-state index < -0.39 is 12.3 Å². The van der Waals surface area contributed by atoms with Gasteiger partial charge in [-0.15, -0.1) is 0 Å². The number of fused-ring (bicyclic) bond motifs is 1. The first-order chi connectivity index (χ1) is 15.3. The molecule has 2 aromatic rings. The molecule has 0 amide bonds. The van der Waals surface area contributed by atoms with Crippen molar-refractivity contribution >= 4 is 11.7 Å². The lowest BCUT2D eigenvalue weighted by molar-refractivity contribution is -0.132. The Morgan fingerprint density at radius 3 is 2.47 bits per heavy atom. The van der Waals surface area contributed by atoms with Crippen LogP contribution in [-0.4, -0.2) is 17.4 Å². The van der Waals surface area contributed by atoms with Gasteiger partial charge in [-0.05, 0) is 85.6 Å². The molecule has 0 saturated carbocycles. The third kappa shape index (κ3) is 5.47. The van der Waals surface area contributed by atoms with E-state index >= 15 is 0 Å². The van der Waals surface area contributed by atoms with E-state index in [0.29, 0.717) is 17.1 Å². The lowest BCUT2D eigenvalue weighted by Gasteiger charge is -2.28. The van der Waals surface area contributed by atoms with E-state index in [4.69, 9.17) is 4.74 Å². The highest BCUT2D eigenvalue weighted by Crippen LogP contribution is 2.34. The average molecular weight is 436 g/mol. The molecule has 3 rings (SSSR count). The number of halogens is 1. The van der Waals surface area contributed by atoms with E-state index in [-0.39, 0.29) is 11.5 Å². The molecule has 2 atom stereocenters. The molecule has 4 nitrogen and oxygen atoms in total. The van der Waals surface area contributed by atoms with Crippen LogP contribution in [0.15, 0.2) is 78.0 Å². The third-order valence-corrected chi connectivity index (χ3v) is 5.81. The molecular weight excluding hydrogens is 405 g/mol. The van der Waals surface area contributed by atoms with Gasteiger partial charge in [0.15, 0.2) is 0 Å². The van der Waals surface area contributed by atoms with E-state index in [0.717, 1.165) is 30.4 Å². The van der Waals surface area contributed by atoms with Gasteiger partial charge in [0.2, 0.25) is 6.36 Å². The lowest BCUT2D eigenvalue weighted by atomic mass is 9.77. The van der Waals surface area contributed by atoms with Crippen LogP contribution in [0.5, 0.6) is 5.75 Å². The molecule has 0 radical (unpaired) electrons. The molecule has 0 spiro atoms. The minimum Gasteiger partial charge on any atom is -0.478 e. The summed E-state index contributed by atoms with van der Waals surface area (Å²) >= 11 is 0. The minimum atomic E-state index is -1.39. The molecule has 5 heteroatoms. The molecule has 32 heavy (non-hydrogen) atoms. The summed E-state index contributed by atoms with van der Waals surface area (Å²) in [5.74, 6) is -0.399. The molecule has 0 fully saturated rings. The number of carbonyl (C=O) groups is 1. The Bertz CT molecular complexity index is 1050. The van der Waals surface area contributed by atoms with Gasteiger partial charge in [0.25, 0.3) is 0 Å². The number of hydrogen-bond donors (Lipinski definition) is 2. The molecule has 0 aliphatic heterocycles. The van der Waals surface area contributed by atoms with Gasteiger partial charge in [-0.2, -0.15) is 0 Å². The van der Waals surface area contributed by atoms with Crippen molar-refractivity contribution in [2.75, 3.05) is 0 Å². The van der Waals surface area contributed by atoms with Crippen molar-refractivity contribution in [3.63, 3.8) is 0 Å². The van der Waals surface area contributed by atoms with Crippen LogP contribution in [0.25, 0.3) is 5.70 Å². The van der Waals surface area contributed by atoms with E-state index in [1.54, 1.807) is 31.2 Å². The maximum Gasteiger partial charge on any atom is 0.337 e. The van der Waals surface area contributed by atoms with Crippen LogP contribution in [0.2, 0.25) is 0 Å². The minimum absolute atomic E-state index is 0.144. The largest absolute Gasteiger partial charge is 0.478 e. The number of benzene rings is 2. The Morgan fingerprint density at radius 2 is 1.88 bits per heavy atom. The summed E-state index contributed by atoms with van der Waals surface area (Å²) in [6.07, 6.45) is 3.21. The van der Waals surface area contributed by atoms with Gasteiger partial charge in [-0.25, -0.2) is 9.18 Å². The molecule has 1 aliphatic rings. The molecule has 0 bridgehead atoms. The summed E-state index contributed by atoms with van der Waals surface area (Å²) in [7, 11) is 0. The summed E-state index contributed by atoms with van der Waals surface area (Å²) in [6.45, 7) is 9.03. The molecule has 0 saturated heterocycles. The normalized spacial score (nSPS) is 17.6. The first kappa shape index (κ1) is 23.3. The summed E-state index contributed by atoms with van der Waals surface area (Å²) in [5, 5.41) is 13.2. The number of carboxylic acid groups (broad SMARTS) is 1. The summed E-state index contributed by atoms with van der Waals surface area (Å²) in [4.78, 5) is 12.3. The smallest absolute Gasteiger partial charge is 0.337 e. The van der Waals surface area contributed by atoms with E-state index in [2.05, 4.69) is 30.1 Å². The maximum atomic E-state index is 13.0. The Kier molecular flexibility index (Phi) is 7.52.